The summed E-state index contributed by atoms with van der Waals surface area (Å²) in [7, 11) is -3.98. The van der Waals surface area contributed by atoms with E-state index in [1.807, 2.05) is 0 Å². The fourth-order valence-electron chi connectivity index (χ4n) is 1.47. The Kier molecular flexibility index (Phi) is 5.94. The summed E-state index contributed by atoms with van der Waals surface area (Å²) in [5, 5.41) is 4.78. The van der Waals surface area contributed by atoms with Gasteiger partial charge in [-0.1, -0.05) is 32.3 Å². The molecule has 102 valence electrons. The second-order valence-electron chi connectivity index (χ2n) is 3.96. The molecule has 0 heterocycles. The molecule has 5 nitrogen and oxygen atoms in total. The van der Waals surface area contributed by atoms with Gasteiger partial charge in [-0.15, -0.1) is 0 Å². The van der Waals surface area contributed by atoms with Gasteiger partial charge in [0, 0.05) is 6.07 Å². The largest absolute Gasteiger partial charge is 0.493 e. The summed E-state index contributed by atoms with van der Waals surface area (Å²) in [5.74, 6) is 0.733. The van der Waals surface area contributed by atoms with E-state index < -0.39 is 10.3 Å². The molecule has 0 atom stereocenters. The lowest BCUT2D eigenvalue weighted by atomic mass is 10.2. The fraction of sp³-hybridized carbons (Fsp3) is 0.500. The highest BCUT2D eigenvalue weighted by Crippen LogP contribution is 2.20. The van der Waals surface area contributed by atoms with E-state index in [-0.39, 0.29) is 5.75 Å². The van der Waals surface area contributed by atoms with Crippen molar-refractivity contribution in [3.8, 4) is 11.5 Å². The summed E-state index contributed by atoms with van der Waals surface area (Å²) in [4.78, 5) is 0. The molecule has 0 aromatic heterocycles. The van der Waals surface area contributed by atoms with Crippen LogP contribution in [0.2, 0.25) is 0 Å². The van der Waals surface area contributed by atoms with Crippen LogP contribution in [-0.2, 0) is 10.3 Å². The number of ether oxygens (including phenoxy) is 1. The number of hydrogen-bond donors (Lipinski definition) is 1. The molecule has 0 bridgehead atoms. The van der Waals surface area contributed by atoms with E-state index >= 15 is 0 Å². The first-order valence-electron chi connectivity index (χ1n) is 5.96. The molecule has 0 fully saturated rings. The summed E-state index contributed by atoms with van der Waals surface area (Å²) in [6, 6.07) is 6.41. The summed E-state index contributed by atoms with van der Waals surface area (Å²) >= 11 is 0. The first-order chi connectivity index (χ1) is 8.51. The van der Waals surface area contributed by atoms with E-state index in [2.05, 4.69) is 11.1 Å². The summed E-state index contributed by atoms with van der Waals surface area (Å²) in [6.07, 6.45) is 4.48. The fourth-order valence-corrected chi connectivity index (χ4v) is 1.84. The second-order valence-corrected chi connectivity index (χ2v) is 5.11. The van der Waals surface area contributed by atoms with Gasteiger partial charge in [0.2, 0.25) is 0 Å². The van der Waals surface area contributed by atoms with Crippen molar-refractivity contribution in [1.82, 2.24) is 0 Å². The molecule has 0 aliphatic carbocycles. The minimum atomic E-state index is -3.98. The van der Waals surface area contributed by atoms with E-state index in [4.69, 9.17) is 9.88 Å². The molecular weight excluding hydrogens is 254 g/mol. The Balaban J connectivity index is 2.44. The molecule has 1 rings (SSSR count). The van der Waals surface area contributed by atoms with Crippen LogP contribution in [0.3, 0.4) is 0 Å². The Labute approximate surface area is 108 Å². The lowest BCUT2D eigenvalue weighted by molar-refractivity contribution is 0.304. The highest BCUT2D eigenvalue weighted by molar-refractivity contribution is 7.84. The van der Waals surface area contributed by atoms with E-state index in [0.29, 0.717) is 12.4 Å². The Morgan fingerprint density at radius 2 is 1.89 bits per heavy atom. The van der Waals surface area contributed by atoms with Gasteiger partial charge in [0.05, 0.1) is 6.61 Å². The van der Waals surface area contributed by atoms with Crippen LogP contribution in [-0.4, -0.2) is 15.0 Å². The second kappa shape index (κ2) is 7.23. The van der Waals surface area contributed by atoms with Crippen molar-refractivity contribution in [3.05, 3.63) is 24.3 Å². The van der Waals surface area contributed by atoms with Crippen LogP contribution in [0, 0.1) is 0 Å². The van der Waals surface area contributed by atoms with Gasteiger partial charge in [0.15, 0.2) is 0 Å². The Morgan fingerprint density at radius 3 is 2.56 bits per heavy atom. The van der Waals surface area contributed by atoms with Gasteiger partial charge in [-0.05, 0) is 18.6 Å². The molecule has 0 radical (unpaired) electrons. The third kappa shape index (κ3) is 6.46. The lowest BCUT2D eigenvalue weighted by Crippen LogP contribution is -2.18. The first-order valence-corrected chi connectivity index (χ1v) is 7.43. The molecule has 1 aromatic carbocycles. The number of benzene rings is 1. The highest BCUT2D eigenvalue weighted by Gasteiger charge is 2.05. The molecule has 2 N–H and O–H groups in total. The number of nitrogens with two attached hydrogens (primary N) is 1. The van der Waals surface area contributed by atoms with E-state index in [9.17, 15) is 8.42 Å². The predicted molar refractivity (Wildman–Crippen MR) is 69.8 cm³/mol. The Morgan fingerprint density at radius 1 is 1.17 bits per heavy atom. The van der Waals surface area contributed by atoms with E-state index in [1.165, 1.54) is 25.0 Å². The van der Waals surface area contributed by atoms with Crippen molar-refractivity contribution in [2.75, 3.05) is 6.61 Å². The Bertz CT molecular complexity index is 459. The monoisotopic (exact) mass is 273 g/mol. The van der Waals surface area contributed by atoms with Crippen LogP contribution in [0.4, 0.5) is 0 Å². The number of unbranched alkanes of at least 4 members (excludes halogenated alkanes) is 3. The van der Waals surface area contributed by atoms with E-state index in [0.717, 1.165) is 12.8 Å². The Hall–Kier alpha value is -1.27. The molecule has 0 unspecified atom stereocenters. The van der Waals surface area contributed by atoms with Gasteiger partial charge in [0.25, 0.3) is 0 Å². The number of rotatable bonds is 8. The van der Waals surface area contributed by atoms with Crippen molar-refractivity contribution in [3.63, 3.8) is 0 Å². The van der Waals surface area contributed by atoms with Crippen molar-refractivity contribution < 1.29 is 17.3 Å². The van der Waals surface area contributed by atoms with Gasteiger partial charge >= 0.3 is 10.3 Å². The van der Waals surface area contributed by atoms with Crippen LogP contribution in [0.25, 0.3) is 0 Å². The maximum atomic E-state index is 10.8. The van der Waals surface area contributed by atoms with Gasteiger partial charge < -0.3 is 8.92 Å². The molecule has 0 aliphatic rings. The smallest absolute Gasteiger partial charge is 0.380 e. The summed E-state index contributed by atoms with van der Waals surface area (Å²) in [6.45, 7) is 2.76. The zero-order valence-electron chi connectivity index (χ0n) is 10.5. The van der Waals surface area contributed by atoms with Gasteiger partial charge in [-0.3, -0.25) is 0 Å². The van der Waals surface area contributed by atoms with Crippen LogP contribution in [0.5, 0.6) is 11.5 Å². The maximum Gasteiger partial charge on any atom is 0.380 e. The molecule has 0 aliphatic heterocycles. The zero-order chi connectivity index (χ0) is 13.4. The molecule has 6 heteroatoms. The topological polar surface area (TPSA) is 78.6 Å². The standard InChI is InChI=1S/C12H19NO4S/c1-2-3-4-5-9-16-11-7-6-8-12(10-11)17-18(13,14)15/h6-8,10H,2-5,9H2,1H3,(H2,13,14,15). The molecule has 0 spiro atoms. The molecule has 0 amide bonds. The van der Waals surface area contributed by atoms with Crippen molar-refractivity contribution in [1.29, 1.82) is 0 Å². The summed E-state index contributed by atoms with van der Waals surface area (Å²) in [5.41, 5.74) is 0. The third-order valence-electron chi connectivity index (χ3n) is 2.28. The van der Waals surface area contributed by atoms with Crippen molar-refractivity contribution in [2.45, 2.75) is 32.6 Å². The van der Waals surface area contributed by atoms with Crippen LogP contribution in [0.1, 0.15) is 32.6 Å². The van der Waals surface area contributed by atoms with Crippen LogP contribution < -0.4 is 14.1 Å². The minimum Gasteiger partial charge on any atom is -0.493 e. The predicted octanol–water partition coefficient (Wildman–Crippen LogP) is 2.23. The first kappa shape index (κ1) is 14.8. The van der Waals surface area contributed by atoms with Crippen molar-refractivity contribution >= 4 is 10.3 Å². The minimum absolute atomic E-state index is 0.156. The summed E-state index contributed by atoms with van der Waals surface area (Å²) < 4.78 is 31.6. The van der Waals surface area contributed by atoms with Gasteiger partial charge in [0.1, 0.15) is 11.5 Å². The molecule has 1 aromatic rings. The lowest BCUT2D eigenvalue weighted by Gasteiger charge is -2.07. The molecule has 18 heavy (non-hydrogen) atoms. The normalized spacial score (nSPS) is 11.2. The van der Waals surface area contributed by atoms with E-state index in [1.54, 1.807) is 12.1 Å². The maximum absolute atomic E-state index is 10.8. The SMILES string of the molecule is CCCCCCOc1cccc(OS(N)(=O)=O)c1. The van der Waals surface area contributed by atoms with Crippen LogP contribution >= 0.6 is 0 Å². The third-order valence-corrected chi connectivity index (χ3v) is 2.71. The quantitative estimate of drug-likeness (QED) is 0.737. The average molecular weight is 273 g/mol. The van der Waals surface area contributed by atoms with Crippen molar-refractivity contribution in [2.24, 2.45) is 5.14 Å². The van der Waals surface area contributed by atoms with Gasteiger partial charge in [-0.2, -0.15) is 13.6 Å². The molecular formula is C12H19NO4S. The van der Waals surface area contributed by atoms with Gasteiger partial charge in [-0.25, -0.2) is 0 Å². The average Bonchev–Trinajstić information content (AvgIpc) is 2.27. The zero-order valence-corrected chi connectivity index (χ0v) is 11.3. The highest BCUT2D eigenvalue weighted by atomic mass is 32.2. The number of hydrogen-bond acceptors (Lipinski definition) is 4. The molecule has 0 saturated carbocycles. The molecule has 0 saturated heterocycles. The van der Waals surface area contributed by atoms with Crippen LogP contribution in [0.15, 0.2) is 24.3 Å².